The number of nitrogens with one attached hydrogen (secondary N) is 1. The molecule has 0 radical (unpaired) electrons. The Morgan fingerprint density at radius 3 is 2.86 bits per heavy atom. The highest BCUT2D eigenvalue weighted by molar-refractivity contribution is 7.13. The molecule has 1 fully saturated rings. The fraction of sp³-hybridized carbons (Fsp3) is 0.286. The van der Waals surface area contributed by atoms with E-state index in [2.05, 4.69) is 10.3 Å². The van der Waals surface area contributed by atoms with Gasteiger partial charge in [-0.2, -0.15) is 0 Å². The van der Waals surface area contributed by atoms with E-state index in [4.69, 9.17) is 4.42 Å². The van der Waals surface area contributed by atoms with Crippen LogP contribution in [0.4, 0.5) is 4.39 Å². The van der Waals surface area contributed by atoms with Gasteiger partial charge in [0.2, 0.25) is 11.8 Å². The normalized spacial score (nSPS) is 16.6. The van der Waals surface area contributed by atoms with Crippen LogP contribution in [0, 0.1) is 11.7 Å². The van der Waals surface area contributed by atoms with Gasteiger partial charge in [-0.25, -0.2) is 9.37 Å². The van der Waals surface area contributed by atoms with E-state index < -0.39 is 0 Å². The fourth-order valence-corrected chi connectivity index (χ4v) is 4.03. The summed E-state index contributed by atoms with van der Waals surface area (Å²) in [5, 5.41) is 4.84. The second-order valence-electron chi connectivity index (χ2n) is 6.94. The molecule has 1 unspecified atom stereocenters. The maximum Gasteiger partial charge on any atom is 0.253 e. The summed E-state index contributed by atoms with van der Waals surface area (Å²) < 4.78 is 18.5. The maximum atomic E-state index is 13.1. The van der Waals surface area contributed by atoms with Gasteiger partial charge in [0.1, 0.15) is 12.1 Å². The molecule has 1 aliphatic rings. The Kier molecular flexibility index (Phi) is 5.71. The number of carbonyl (C=O) groups is 2. The van der Waals surface area contributed by atoms with Crippen molar-refractivity contribution in [3.05, 3.63) is 65.1 Å². The molecular weight excluding hydrogens is 393 g/mol. The minimum absolute atomic E-state index is 0.109. The number of carbonyl (C=O) groups excluding carboxylic acids is 2. The van der Waals surface area contributed by atoms with Gasteiger partial charge in [-0.3, -0.25) is 9.59 Å². The number of amides is 2. The van der Waals surface area contributed by atoms with Crippen molar-refractivity contribution in [2.75, 3.05) is 13.1 Å². The average molecular weight is 413 g/mol. The summed E-state index contributed by atoms with van der Waals surface area (Å²) in [5.41, 5.74) is 1.08. The monoisotopic (exact) mass is 413 g/mol. The zero-order chi connectivity index (χ0) is 20.2. The van der Waals surface area contributed by atoms with Crippen molar-refractivity contribution in [3.8, 4) is 10.8 Å². The van der Waals surface area contributed by atoms with Crippen LogP contribution >= 0.6 is 11.3 Å². The van der Waals surface area contributed by atoms with Crippen LogP contribution in [0.1, 0.15) is 28.9 Å². The van der Waals surface area contributed by atoms with Crippen LogP contribution in [0.2, 0.25) is 0 Å². The van der Waals surface area contributed by atoms with Crippen LogP contribution in [-0.2, 0) is 11.3 Å². The molecule has 1 N–H and O–H groups in total. The van der Waals surface area contributed by atoms with Gasteiger partial charge >= 0.3 is 0 Å². The Hall–Kier alpha value is -3.00. The molecule has 3 aromatic rings. The summed E-state index contributed by atoms with van der Waals surface area (Å²) in [6.45, 7) is 1.21. The predicted molar refractivity (Wildman–Crippen MR) is 107 cm³/mol. The van der Waals surface area contributed by atoms with Gasteiger partial charge in [-0.15, -0.1) is 11.3 Å². The third kappa shape index (κ3) is 4.54. The highest BCUT2D eigenvalue weighted by atomic mass is 32.1. The van der Waals surface area contributed by atoms with Gasteiger partial charge < -0.3 is 14.6 Å². The molecule has 3 heterocycles. The van der Waals surface area contributed by atoms with Gasteiger partial charge in [0.15, 0.2) is 0 Å². The van der Waals surface area contributed by atoms with Gasteiger partial charge in [-0.05, 0) is 48.6 Å². The van der Waals surface area contributed by atoms with E-state index in [0.29, 0.717) is 30.2 Å². The van der Waals surface area contributed by atoms with Crippen molar-refractivity contribution < 1.29 is 18.4 Å². The number of likely N-dealkylation sites (tertiary alicyclic amines) is 1. The number of nitrogens with zero attached hydrogens (tertiary/aromatic N) is 2. The molecule has 29 heavy (non-hydrogen) atoms. The molecule has 150 valence electrons. The molecule has 2 amide bonds. The summed E-state index contributed by atoms with van der Waals surface area (Å²) in [4.78, 5) is 32.2. The summed E-state index contributed by atoms with van der Waals surface area (Å²) in [7, 11) is 0. The minimum atomic E-state index is -0.382. The summed E-state index contributed by atoms with van der Waals surface area (Å²) in [6, 6.07) is 9.32. The Morgan fingerprint density at radius 2 is 2.10 bits per heavy atom. The average Bonchev–Trinajstić information content (AvgIpc) is 3.44. The number of hydrogen-bond donors (Lipinski definition) is 1. The van der Waals surface area contributed by atoms with E-state index in [1.165, 1.54) is 35.6 Å². The van der Waals surface area contributed by atoms with Crippen LogP contribution in [0.3, 0.4) is 0 Å². The molecule has 0 spiro atoms. The number of aromatic nitrogens is 1. The largest absolute Gasteiger partial charge is 0.443 e. The standard InChI is InChI=1S/C21H20FN3O3S/c22-16-7-5-14(6-8-16)21(27)25-9-1-3-15(12-25)19(26)23-11-17-13-28-20(24-17)18-4-2-10-29-18/h2,4-8,10,13,15H,1,3,9,11-12H2,(H,23,26). The van der Waals surface area contributed by atoms with Crippen LogP contribution in [0.25, 0.3) is 10.8 Å². The van der Waals surface area contributed by atoms with Gasteiger partial charge in [0.05, 0.1) is 23.0 Å². The fourth-order valence-electron chi connectivity index (χ4n) is 3.37. The number of piperidine rings is 1. The van der Waals surface area contributed by atoms with Crippen molar-refractivity contribution in [2.24, 2.45) is 5.92 Å². The molecular formula is C21H20FN3O3S. The smallest absolute Gasteiger partial charge is 0.253 e. The lowest BCUT2D eigenvalue weighted by atomic mass is 9.96. The quantitative estimate of drug-likeness (QED) is 0.692. The van der Waals surface area contributed by atoms with Gasteiger partial charge in [-0.1, -0.05) is 6.07 Å². The number of oxazole rings is 1. The highest BCUT2D eigenvalue weighted by Gasteiger charge is 2.29. The van der Waals surface area contributed by atoms with E-state index in [-0.39, 0.29) is 30.1 Å². The number of hydrogen-bond acceptors (Lipinski definition) is 5. The predicted octanol–water partition coefficient (Wildman–Crippen LogP) is 3.71. The number of rotatable bonds is 5. The van der Waals surface area contributed by atoms with E-state index in [0.717, 1.165) is 17.7 Å². The molecule has 0 bridgehead atoms. The SMILES string of the molecule is O=C(NCc1coc(-c2cccs2)n1)C1CCCN(C(=O)c2ccc(F)cc2)C1. The van der Waals surface area contributed by atoms with Gasteiger partial charge in [0.25, 0.3) is 5.91 Å². The molecule has 4 rings (SSSR count). The molecule has 2 aromatic heterocycles. The van der Waals surface area contributed by atoms with E-state index in [1.807, 2.05) is 17.5 Å². The Bertz CT molecular complexity index is 985. The third-order valence-corrected chi connectivity index (χ3v) is 5.76. The van der Waals surface area contributed by atoms with Crippen molar-refractivity contribution in [3.63, 3.8) is 0 Å². The van der Waals surface area contributed by atoms with E-state index in [1.54, 1.807) is 11.2 Å². The van der Waals surface area contributed by atoms with Crippen molar-refractivity contribution >= 4 is 23.2 Å². The lowest BCUT2D eigenvalue weighted by Gasteiger charge is -2.32. The number of thiophene rings is 1. The first-order valence-electron chi connectivity index (χ1n) is 9.41. The molecule has 0 aliphatic carbocycles. The lowest BCUT2D eigenvalue weighted by molar-refractivity contribution is -0.126. The molecule has 1 atom stereocenters. The van der Waals surface area contributed by atoms with Gasteiger partial charge in [0, 0.05) is 18.7 Å². The topological polar surface area (TPSA) is 75.4 Å². The highest BCUT2D eigenvalue weighted by Crippen LogP contribution is 2.24. The molecule has 6 nitrogen and oxygen atoms in total. The van der Waals surface area contributed by atoms with Crippen LogP contribution in [0.15, 0.2) is 52.5 Å². The Labute approximate surface area is 171 Å². The maximum absolute atomic E-state index is 13.1. The summed E-state index contributed by atoms with van der Waals surface area (Å²) >= 11 is 1.54. The Balaban J connectivity index is 1.33. The van der Waals surface area contributed by atoms with Crippen LogP contribution in [-0.4, -0.2) is 34.8 Å². The first-order valence-corrected chi connectivity index (χ1v) is 10.3. The molecule has 1 aromatic carbocycles. The third-order valence-electron chi connectivity index (χ3n) is 4.90. The zero-order valence-corrected chi connectivity index (χ0v) is 16.5. The summed E-state index contributed by atoms with van der Waals surface area (Å²) in [5.74, 6) is -0.413. The van der Waals surface area contributed by atoms with Crippen molar-refractivity contribution in [1.29, 1.82) is 0 Å². The lowest BCUT2D eigenvalue weighted by Crippen LogP contribution is -2.45. The second-order valence-corrected chi connectivity index (χ2v) is 7.88. The zero-order valence-electron chi connectivity index (χ0n) is 15.6. The van der Waals surface area contributed by atoms with Crippen molar-refractivity contribution in [1.82, 2.24) is 15.2 Å². The number of halogens is 1. The number of benzene rings is 1. The van der Waals surface area contributed by atoms with Crippen LogP contribution in [0.5, 0.6) is 0 Å². The minimum Gasteiger partial charge on any atom is -0.443 e. The second kappa shape index (κ2) is 8.57. The van der Waals surface area contributed by atoms with E-state index in [9.17, 15) is 14.0 Å². The molecule has 8 heteroatoms. The first-order chi connectivity index (χ1) is 14.1. The van der Waals surface area contributed by atoms with E-state index >= 15 is 0 Å². The Morgan fingerprint density at radius 1 is 1.28 bits per heavy atom. The molecule has 1 saturated heterocycles. The molecule has 0 saturated carbocycles. The first kappa shape index (κ1) is 19.3. The van der Waals surface area contributed by atoms with Crippen molar-refractivity contribution in [2.45, 2.75) is 19.4 Å². The summed E-state index contributed by atoms with van der Waals surface area (Å²) in [6.07, 6.45) is 3.01. The van der Waals surface area contributed by atoms with Crippen LogP contribution < -0.4 is 5.32 Å². The molecule has 1 aliphatic heterocycles.